The second-order valence-electron chi connectivity index (χ2n) is 7.23. The number of nitrogens with one attached hydrogen (secondary N) is 2. The number of likely N-dealkylation sites (tertiary alicyclic amines) is 1. The van der Waals surface area contributed by atoms with E-state index in [-0.39, 0.29) is 17.7 Å². The lowest BCUT2D eigenvalue weighted by molar-refractivity contribution is 0.146. The van der Waals surface area contributed by atoms with Gasteiger partial charge in [0.15, 0.2) is 15.8 Å². The Bertz CT molecular complexity index is 681. The monoisotopic (exact) mass is 382 g/mol. The van der Waals surface area contributed by atoms with Gasteiger partial charge in [0.1, 0.15) is 5.76 Å². The molecule has 3 rings (SSSR count). The molecule has 2 atom stereocenters. The Hall–Kier alpha value is -1.54. The number of furan rings is 1. The first kappa shape index (κ1) is 19.2. The third kappa shape index (κ3) is 5.23. The maximum absolute atomic E-state index is 11.6. The molecule has 2 aliphatic heterocycles. The first-order chi connectivity index (χ1) is 12.6. The minimum atomic E-state index is -2.84. The van der Waals surface area contributed by atoms with Crippen molar-refractivity contribution in [3.8, 4) is 0 Å². The molecule has 0 bridgehead atoms. The number of nitrogens with zero attached hydrogens (tertiary/aromatic N) is 2. The van der Waals surface area contributed by atoms with Gasteiger partial charge in [-0.2, -0.15) is 0 Å². The van der Waals surface area contributed by atoms with Crippen LogP contribution in [-0.2, 0) is 9.84 Å². The normalized spacial score (nSPS) is 25.1. The molecule has 2 saturated heterocycles. The highest BCUT2D eigenvalue weighted by atomic mass is 32.2. The Kier molecular flexibility index (Phi) is 6.58. The van der Waals surface area contributed by atoms with Crippen molar-refractivity contribution in [3.63, 3.8) is 0 Å². The summed E-state index contributed by atoms with van der Waals surface area (Å²) in [6, 6.07) is 4.14. The molecule has 8 heteroatoms. The number of hydrogen-bond acceptors (Lipinski definition) is 5. The Morgan fingerprint density at radius 1 is 1.35 bits per heavy atom. The summed E-state index contributed by atoms with van der Waals surface area (Å²) < 4.78 is 28.8. The van der Waals surface area contributed by atoms with Gasteiger partial charge in [-0.1, -0.05) is 6.42 Å². The van der Waals surface area contributed by atoms with Crippen LogP contribution in [0, 0.1) is 5.92 Å². The average Bonchev–Trinajstić information content (AvgIpc) is 3.28. The summed E-state index contributed by atoms with van der Waals surface area (Å²) in [6.07, 6.45) is 6.19. The van der Waals surface area contributed by atoms with Crippen molar-refractivity contribution < 1.29 is 12.8 Å². The highest BCUT2D eigenvalue weighted by Gasteiger charge is 2.28. The van der Waals surface area contributed by atoms with Crippen LogP contribution in [0.5, 0.6) is 0 Å². The number of guanidine groups is 1. The van der Waals surface area contributed by atoms with E-state index in [2.05, 4.69) is 20.5 Å². The fraction of sp³-hybridized carbons (Fsp3) is 0.722. The summed E-state index contributed by atoms with van der Waals surface area (Å²) in [5.74, 6) is 2.43. The third-order valence-corrected chi connectivity index (χ3v) is 7.11. The lowest BCUT2D eigenvalue weighted by atomic mass is 10.1. The van der Waals surface area contributed by atoms with E-state index in [9.17, 15) is 8.42 Å². The van der Waals surface area contributed by atoms with E-state index in [4.69, 9.17) is 4.42 Å². The van der Waals surface area contributed by atoms with Crippen LogP contribution in [0.25, 0.3) is 0 Å². The zero-order chi connectivity index (χ0) is 18.4. The molecule has 2 N–H and O–H groups in total. The van der Waals surface area contributed by atoms with Crippen molar-refractivity contribution in [3.05, 3.63) is 24.2 Å². The lowest BCUT2D eigenvalue weighted by Crippen LogP contribution is -2.45. The number of piperidine rings is 1. The van der Waals surface area contributed by atoms with E-state index in [1.165, 1.54) is 19.3 Å². The molecular formula is C18H30N4O3S. The Morgan fingerprint density at radius 2 is 2.15 bits per heavy atom. The second kappa shape index (κ2) is 8.90. The molecule has 2 aliphatic rings. The summed E-state index contributed by atoms with van der Waals surface area (Å²) in [4.78, 5) is 6.74. The van der Waals surface area contributed by atoms with Gasteiger partial charge in [0.2, 0.25) is 0 Å². The summed E-state index contributed by atoms with van der Waals surface area (Å²) in [7, 11) is -1.10. The predicted molar refractivity (Wildman–Crippen MR) is 103 cm³/mol. The zero-order valence-corrected chi connectivity index (χ0v) is 16.3. The van der Waals surface area contributed by atoms with Gasteiger partial charge in [-0.3, -0.25) is 9.89 Å². The van der Waals surface area contributed by atoms with Crippen LogP contribution in [-0.4, -0.2) is 64.0 Å². The van der Waals surface area contributed by atoms with Gasteiger partial charge < -0.3 is 15.1 Å². The Labute approximate surface area is 156 Å². The standard InChI is InChI=1S/C18H30N4O3S/c1-19-18(20-12-15-7-11-26(23,24)14-15)21-13-16(17-6-5-10-25-17)22-8-3-2-4-9-22/h5-6,10,15-16H,2-4,7-9,11-14H2,1H3,(H2,19,20,21). The minimum Gasteiger partial charge on any atom is -0.468 e. The summed E-state index contributed by atoms with van der Waals surface area (Å²) >= 11 is 0. The number of rotatable bonds is 6. The first-order valence-corrected chi connectivity index (χ1v) is 11.3. The molecule has 0 saturated carbocycles. The molecule has 1 aromatic heterocycles. The molecule has 0 amide bonds. The SMILES string of the molecule is CN=C(NCC1CCS(=O)(=O)C1)NCC(c1ccco1)N1CCCCC1. The average molecular weight is 383 g/mol. The predicted octanol–water partition coefficient (Wildman–Crippen LogP) is 1.41. The molecule has 0 spiro atoms. The van der Waals surface area contributed by atoms with E-state index >= 15 is 0 Å². The maximum Gasteiger partial charge on any atom is 0.191 e. The first-order valence-electron chi connectivity index (χ1n) is 9.50. The van der Waals surface area contributed by atoms with Gasteiger partial charge in [0.05, 0.1) is 23.8 Å². The van der Waals surface area contributed by atoms with Crippen molar-refractivity contribution in [2.75, 3.05) is 44.7 Å². The molecule has 3 heterocycles. The molecule has 7 nitrogen and oxygen atoms in total. The van der Waals surface area contributed by atoms with Crippen LogP contribution >= 0.6 is 0 Å². The number of hydrogen-bond donors (Lipinski definition) is 2. The molecule has 0 aromatic carbocycles. The van der Waals surface area contributed by atoms with E-state index < -0.39 is 9.84 Å². The quantitative estimate of drug-likeness (QED) is 0.571. The highest BCUT2D eigenvalue weighted by molar-refractivity contribution is 7.91. The fourth-order valence-corrected chi connectivity index (χ4v) is 5.67. The van der Waals surface area contributed by atoms with Crippen molar-refractivity contribution >= 4 is 15.8 Å². The van der Waals surface area contributed by atoms with Crippen LogP contribution in [0.2, 0.25) is 0 Å². The van der Waals surface area contributed by atoms with Crippen molar-refractivity contribution in [1.82, 2.24) is 15.5 Å². The third-order valence-electron chi connectivity index (χ3n) is 5.27. The summed E-state index contributed by atoms with van der Waals surface area (Å²) in [5.41, 5.74) is 0. The fourth-order valence-electron chi connectivity index (χ4n) is 3.81. The van der Waals surface area contributed by atoms with Crippen LogP contribution in [0.1, 0.15) is 37.5 Å². The van der Waals surface area contributed by atoms with Crippen molar-refractivity contribution in [1.29, 1.82) is 0 Å². The molecule has 1 aromatic rings. The molecule has 0 aliphatic carbocycles. The smallest absolute Gasteiger partial charge is 0.191 e. The van der Waals surface area contributed by atoms with Crippen LogP contribution in [0.15, 0.2) is 27.8 Å². The van der Waals surface area contributed by atoms with E-state index in [0.29, 0.717) is 24.8 Å². The molecule has 26 heavy (non-hydrogen) atoms. The van der Waals surface area contributed by atoms with Gasteiger partial charge >= 0.3 is 0 Å². The zero-order valence-electron chi connectivity index (χ0n) is 15.5. The molecular weight excluding hydrogens is 352 g/mol. The summed E-state index contributed by atoms with van der Waals surface area (Å²) in [5, 5.41) is 6.67. The van der Waals surface area contributed by atoms with Crippen LogP contribution in [0.4, 0.5) is 0 Å². The van der Waals surface area contributed by atoms with Crippen LogP contribution in [0.3, 0.4) is 0 Å². The maximum atomic E-state index is 11.6. The Morgan fingerprint density at radius 3 is 2.77 bits per heavy atom. The molecule has 0 radical (unpaired) electrons. The van der Waals surface area contributed by atoms with Crippen molar-refractivity contribution in [2.45, 2.75) is 31.7 Å². The largest absolute Gasteiger partial charge is 0.468 e. The van der Waals surface area contributed by atoms with Crippen molar-refractivity contribution in [2.24, 2.45) is 10.9 Å². The van der Waals surface area contributed by atoms with Gasteiger partial charge in [-0.25, -0.2) is 8.42 Å². The van der Waals surface area contributed by atoms with Crippen LogP contribution < -0.4 is 10.6 Å². The van der Waals surface area contributed by atoms with Gasteiger partial charge in [0, 0.05) is 20.1 Å². The Balaban J connectivity index is 1.53. The van der Waals surface area contributed by atoms with Gasteiger partial charge in [-0.15, -0.1) is 0 Å². The second-order valence-corrected chi connectivity index (χ2v) is 9.46. The van der Waals surface area contributed by atoms with Gasteiger partial charge in [0.25, 0.3) is 0 Å². The topological polar surface area (TPSA) is 86.9 Å². The molecule has 2 fully saturated rings. The molecule has 146 valence electrons. The molecule has 2 unspecified atom stereocenters. The number of sulfone groups is 1. The van der Waals surface area contributed by atoms with E-state index in [0.717, 1.165) is 25.3 Å². The highest BCUT2D eigenvalue weighted by Crippen LogP contribution is 2.24. The van der Waals surface area contributed by atoms with E-state index in [1.807, 2.05) is 12.1 Å². The summed E-state index contributed by atoms with van der Waals surface area (Å²) in [6.45, 7) is 3.50. The minimum absolute atomic E-state index is 0.168. The number of aliphatic imine (C=N–C) groups is 1. The van der Waals surface area contributed by atoms with Gasteiger partial charge in [-0.05, 0) is 50.4 Å². The van der Waals surface area contributed by atoms with E-state index in [1.54, 1.807) is 13.3 Å². The lowest BCUT2D eigenvalue weighted by Gasteiger charge is -2.33.